The minimum absolute atomic E-state index is 0.289. The fourth-order valence-electron chi connectivity index (χ4n) is 0.736. The molecule has 0 unspecified atom stereocenters. The monoisotopic (exact) mass is 317 g/mol. The third-order valence-corrected chi connectivity index (χ3v) is 2.59. The molecule has 1 heterocycles. The van der Waals surface area contributed by atoms with Crippen LogP contribution in [0.15, 0.2) is 16.6 Å². The quantitative estimate of drug-likeness (QED) is 0.719. The van der Waals surface area contributed by atoms with Crippen molar-refractivity contribution in [1.82, 2.24) is 4.98 Å². The van der Waals surface area contributed by atoms with Crippen LogP contribution in [0.25, 0.3) is 0 Å². The third kappa shape index (κ3) is 2.67. The molecule has 1 nitrogen and oxygen atoms in total. The molecule has 13 heavy (non-hydrogen) atoms. The van der Waals surface area contributed by atoms with Crippen LogP contribution >= 0.6 is 31.9 Å². The number of aromatic nitrogens is 1. The van der Waals surface area contributed by atoms with Crippen molar-refractivity contribution in [3.8, 4) is 0 Å². The second-order valence-electron chi connectivity index (χ2n) is 2.26. The highest BCUT2D eigenvalue weighted by Crippen LogP contribution is 2.29. The molecule has 0 aliphatic heterocycles. The van der Waals surface area contributed by atoms with Crippen molar-refractivity contribution < 1.29 is 13.2 Å². The normalized spacial score (nSPS) is 11.8. The largest absolute Gasteiger partial charge is 0.433 e. The molecule has 0 atom stereocenters. The van der Waals surface area contributed by atoms with Gasteiger partial charge in [0.25, 0.3) is 0 Å². The maximum Gasteiger partial charge on any atom is 0.433 e. The molecule has 0 fully saturated rings. The first-order valence-electron chi connectivity index (χ1n) is 3.23. The zero-order chi connectivity index (χ0) is 10.1. The molecule has 72 valence electrons. The molecule has 0 N–H and O–H groups in total. The van der Waals surface area contributed by atoms with Gasteiger partial charge in [-0.2, -0.15) is 13.2 Å². The molecule has 1 aromatic heterocycles. The summed E-state index contributed by atoms with van der Waals surface area (Å²) in [4.78, 5) is 3.44. The summed E-state index contributed by atoms with van der Waals surface area (Å²) in [6.07, 6.45) is -4.38. The molecule has 0 radical (unpaired) electrons. The van der Waals surface area contributed by atoms with E-state index in [0.29, 0.717) is 10.2 Å². The van der Waals surface area contributed by atoms with Gasteiger partial charge in [0, 0.05) is 9.80 Å². The van der Waals surface area contributed by atoms with Crippen LogP contribution in [-0.2, 0) is 11.5 Å². The Morgan fingerprint density at radius 2 is 1.92 bits per heavy atom. The Morgan fingerprint density at radius 1 is 1.31 bits per heavy atom. The van der Waals surface area contributed by atoms with Crippen molar-refractivity contribution in [2.75, 3.05) is 0 Å². The lowest BCUT2D eigenvalue weighted by Gasteiger charge is -2.07. The Balaban J connectivity index is 3.14. The first-order chi connectivity index (χ1) is 5.95. The summed E-state index contributed by atoms with van der Waals surface area (Å²) in [6.45, 7) is 0. The zero-order valence-corrected chi connectivity index (χ0v) is 9.37. The summed E-state index contributed by atoms with van der Waals surface area (Å²) in [6, 6.07) is 2.28. The van der Waals surface area contributed by atoms with Crippen molar-refractivity contribution in [2.24, 2.45) is 0 Å². The van der Waals surface area contributed by atoms with E-state index >= 15 is 0 Å². The first-order valence-corrected chi connectivity index (χ1v) is 5.15. The number of halogens is 5. The van der Waals surface area contributed by atoms with E-state index in [0.717, 1.165) is 6.07 Å². The zero-order valence-electron chi connectivity index (χ0n) is 6.20. The molecule has 0 aliphatic carbocycles. The summed E-state index contributed by atoms with van der Waals surface area (Å²) >= 11 is 6.15. The minimum Gasteiger partial charge on any atom is -0.246 e. The van der Waals surface area contributed by atoms with Gasteiger partial charge >= 0.3 is 6.18 Å². The summed E-state index contributed by atoms with van der Waals surface area (Å²) in [5, 5.41) is 0.289. The molecular weight excluding hydrogens is 315 g/mol. The van der Waals surface area contributed by atoms with Crippen molar-refractivity contribution in [2.45, 2.75) is 11.5 Å². The van der Waals surface area contributed by atoms with Crippen molar-refractivity contribution >= 4 is 31.9 Å². The van der Waals surface area contributed by atoms with E-state index in [4.69, 9.17) is 0 Å². The third-order valence-electron chi connectivity index (χ3n) is 1.34. The maximum absolute atomic E-state index is 12.1. The average molecular weight is 319 g/mol. The van der Waals surface area contributed by atoms with E-state index in [2.05, 4.69) is 36.8 Å². The van der Waals surface area contributed by atoms with E-state index in [1.807, 2.05) is 0 Å². The van der Waals surface area contributed by atoms with Gasteiger partial charge < -0.3 is 0 Å². The van der Waals surface area contributed by atoms with Gasteiger partial charge in [0.15, 0.2) is 0 Å². The smallest absolute Gasteiger partial charge is 0.246 e. The van der Waals surface area contributed by atoms with E-state index in [-0.39, 0.29) is 5.33 Å². The molecular formula is C7H4Br2F3N. The molecule has 0 aliphatic rings. The average Bonchev–Trinajstić information content (AvgIpc) is 2.03. The van der Waals surface area contributed by atoms with Crippen molar-refractivity contribution in [1.29, 1.82) is 0 Å². The topological polar surface area (TPSA) is 12.9 Å². The van der Waals surface area contributed by atoms with Crippen LogP contribution in [0, 0.1) is 0 Å². The van der Waals surface area contributed by atoms with Gasteiger partial charge in [-0.3, -0.25) is 0 Å². The Bertz CT molecular complexity index is 311. The van der Waals surface area contributed by atoms with Crippen LogP contribution in [0.4, 0.5) is 13.2 Å². The summed E-state index contributed by atoms with van der Waals surface area (Å²) < 4.78 is 37.0. The van der Waals surface area contributed by atoms with Crippen LogP contribution < -0.4 is 0 Å². The van der Waals surface area contributed by atoms with Crippen molar-refractivity contribution in [3.63, 3.8) is 0 Å². The van der Waals surface area contributed by atoms with Gasteiger partial charge in [-0.1, -0.05) is 15.9 Å². The number of hydrogen-bond donors (Lipinski definition) is 0. The van der Waals surface area contributed by atoms with Gasteiger partial charge in [0.1, 0.15) is 5.69 Å². The Morgan fingerprint density at radius 3 is 2.38 bits per heavy atom. The highest BCUT2D eigenvalue weighted by atomic mass is 79.9. The molecule has 0 saturated heterocycles. The van der Waals surface area contributed by atoms with Crippen molar-refractivity contribution in [3.05, 3.63) is 28.0 Å². The van der Waals surface area contributed by atoms with Crippen LogP contribution in [0.2, 0.25) is 0 Å². The SMILES string of the molecule is FC(F)(F)c1ccc(Br)c(CBr)n1. The Labute approximate surface area is 89.6 Å². The number of hydrogen-bond acceptors (Lipinski definition) is 1. The molecule has 1 aromatic rings. The minimum atomic E-state index is -4.38. The molecule has 1 rings (SSSR count). The molecule has 6 heteroatoms. The predicted molar refractivity (Wildman–Crippen MR) is 49.6 cm³/mol. The van der Waals surface area contributed by atoms with Gasteiger partial charge in [-0.25, -0.2) is 4.98 Å². The van der Waals surface area contributed by atoms with E-state index in [1.165, 1.54) is 6.07 Å². The van der Waals surface area contributed by atoms with Crippen LogP contribution in [0.3, 0.4) is 0 Å². The first kappa shape index (κ1) is 11.0. The van der Waals surface area contributed by atoms with E-state index in [9.17, 15) is 13.2 Å². The van der Waals surface area contributed by atoms with Gasteiger partial charge in [-0.15, -0.1) is 0 Å². The predicted octanol–water partition coefficient (Wildman–Crippen LogP) is 3.76. The molecule has 0 amide bonds. The fourth-order valence-corrected chi connectivity index (χ4v) is 1.90. The van der Waals surface area contributed by atoms with Crippen LogP contribution in [-0.4, -0.2) is 4.98 Å². The van der Waals surface area contributed by atoms with Gasteiger partial charge in [0.2, 0.25) is 0 Å². The van der Waals surface area contributed by atoms with Crippen LogP contribution in [0.1, 0.15) is 11.4 Å². The molecule has 0 bridgehead atoms. The lowest BCUT2D eigenvalue weighted by Crippen LogP contribution is -2.09. The summed E-state index contributed by atoms with van der Waals surface area (Å²) in [5.74, 6) is 0. The fraction of sp³-hybridized carbons (Fsp3) is 0.286. The van der Waals surface area contributed by atoms with Gasteiger partial charge in [0.05, 0.1) is 5.69 Å². The standard InChI is InChI=1S/C7H4Br2F3N/c8-3-5-4(9)1-2-6(13-5)7(10,11)12/h1-2H,3H2. The highest BCUT2D eigenvalue weighted by molar-refractivity contribution is 9.10. The number of alkyl halides is 4. The maximum atomic E-state index is 12.1. The van der Waals surface area contributed by atoms with E-state index in [1.54, 1.807) is 0 Å². The lowest BCUT2D eigenvalue weighted by molar-refractivity contribution is -0.141. The lowest BCUT2D eigenvalue weighted by atomic mass is 10.3. The Hall–Kier alpha value is -0.100. The molecule has 0 aromatic carbocycles. The van der Waals surface area contributed by atoms with Gasteiger partial charge in [-0.05, 0) is 28.1 Å². The second kappa shape index (κ2) is 3.96. The Kier molecular flexibility index (Phi) is 3.34. The highest BCUT2D eigenvalue weighted by Gasteiger charge is 2.32. The number of rotatable bonds is 1. The summed E-state index contributed by atoms with van der Waals surface area (Å²) in [5.41, 5.74) is -0.528. The second-order valence-corrected chi connectivity index (χ2v) is 3.67. The van der Waals surface area contributed by atoms with E-state index < -0.39 is 11.9 Å². The molecule has 0 saturated carbocycles. The summed E-state index contributed by atoms with van der Waals surface area (Å²) in [7, 11) is 0. The molecule has 0 spiro atoms. The number of nitrogens with zero attached hydrogens (tertiary/aromatic N) is 1. The van der Waals surface area contributed by atoms with Crippen LogP contribution in [0.5, 0.6) is 0 Å². The number of pyridine rings is 1.